The molecule has 0 unspecified atom stereocenters. The fraction of sp³-hybridized carbons (Fsp3) is 0.172. The molecule has 0 saturated heterocycles. The van der Waals surface area contributed by atoms with E-state index in [1.807, 2.05) is 60.7 Å². The molecule has 8 heteroatoms. The summed E-state index contributed by atoms with van der Waals surface area (Å²) in [5.74, 6) is -0.290. The quantitative estimate of drug-likeness (QED) is 0.141. The van der Waals surface area contributed by atoms with Gasteiger partial charge in [0.2, 0.25) is 11.8 Å². The Hall–Kier alpha value is -4.72. The van der Waals surface area contributed by atoms with Crippen LogP contribution in [0.4, 0.5) is 0 Å². The number of unbranched alkanes of at least 4 members (excludes halogenated alkanes) is 2. The molecule has 0 aliphatic heterocycles. The molecule has 0 heterocycles. The Morgan fingerprint density at radius 3 is 1.51 bits per heavy atom. The zero-order valence-corrected chi connectivity index (χ0v) is 20.2. The minimum Gasteiger partial charge on any atom is -0.507 e. The summed E-state index contributed by atoms with van der Waals surface area (Å²) < 4.78 is 0. The van der Waals surface area contributed by atoms with Crippen LogP contribution in [0.3, 0.4) is 0 Å². The summed E-state index contributed by atoms with van der Waals surface area (Å²) >= 11 is 0. The number of phenolic OH excluding ortho intramolecular Hbond substituents is 2. The standard InChI is InChI=1S/C29H28N4O4/c34-26-16-14-20-8-4-6-10-22(20)24(26)18-30-32-28(36)12-2-1-3-13-29(37)33-31-19-25-23-11-7-5-9-21(23)15-17-27(25)35/h4-11,14-19,34-35H,1-3,12-13H2,(H,32,36)(H,33,37)/b30-18+,31-19+. The number of carbonyl (C=O) groups is 2. The molecular weight excluding hydrogens is 468 g/mol. The molecule has 0 atom stereocenters. The zero-order valence-electron chi connectivity index (χ0n) is 20.2. The van der Waals surface area contributed by atoms with Crippen LogP contribution in [0, 0.1) is 0 Å². The highest BCUT2D eigenvalue weighted by Crippen LogP contribution is 2.26. The number of hydrogen-bond acceptors (Lipinski definition) is 6. The molecule has 0 fully saturated rings. The minimum absolute atomic E-state index is 0.0910. The van der Waals surface area contributed by atoms with E-state index >= 15 is 0 Å². The number of benzene rings is 4. The van der Waals surface area contributed by atoms with Gasteiger partial charge in [-0.05, 0) is 46.5 Å². The SMILES string of the molecule is O=C(CCCCCC(=O)N/N=C/c1c(O)ccc2ccccc12)N/N=C/c1c(O)ccc2ccccc12. The molecule has 4 aromatic carbocycles. The van der Waals surface area contributed by atoms with Gasteiger partial charge in [0.25, 0.3) is 0 Å². The maximum Gasteiger partial charge on any atom is 0.240 e. The van der Waals surface area contributed by atoms with E-state index in [-0.39, 0.29) is 36.2 Å². The molecule has 2 amide bonds. The molecule has 37 heavy (non-hydrogen) atoms. The Morgan fingerprint density at radius 1 is 0.622 bits per heavy atom. The second-order valence-corrected chi connectivity index (χ2v) is 8.59. The molecule has 4 N–H and O–H groups in total. The van der Waals surface area contributed by atoms with Gasteiger partial charge < -0.3 is 10.2 Å². The molecule has 8 nitrogen and oxygen atoms in total. The van der Waals surface area contributed by atoms with Gasteiger partial charge in [0, 0.05) is 24.0 Å². The van der Waals surface area contributed by atoms with Gasteiger partial charge in [0.05, 0.1) is 12.4 Å². The molecule has 0 saturated carbocycles. The van der Waals surface area contributed by atoms with Crippen LogP contribution in [-0.2, 0) is 9.59 Å². The summed E-state index contributed by atoms with van der Waals surface area (Å²) in [7, 11) is 0. The average molecular weight is 497 g/mol. The predicted octanol–water partition coefficient (Wildman–Crippen LogP) is 4.96. The molecule has 4 aromatic rings. The number of phenols is 2. The molecule has 0 bridgehead atoms. The lowest BCUT2D eigenvalue weighted by molar-refractivity contribution is -0.121. The molecular formula is C29H28N4O4. The van der Waals surface area contributed by atoms with E-state index in [4.69, 9.17) is 0 Å². The van der Waals surface area contributed by atoms with Crippen molar-refractivity contribution in [3.8, 4) is 11.5 Å². The van der Waals surface area contributed by atoms with E-state index in [9.17, 15) is 19.8 Å². The van der Waals surface area contributed by atoms with E-state index in [1.165, 1.54) is 12.4 Å². The van der Waals surface area contributed by atoms with Gasteiger partial charge >= 0.3 is 0 Å². The lowest BCUT2D eigenvalue weighted by Gasteiger charge is -2.05. The number of hydrogen-bond donors (Lipinski definition) is 4. The third-order valence-electron chi connectivity index (χ3n) is 5.97. The fourth-order valence-electron chi connectivity index (χ4n) is 4.04. The summed E-state index contributed by atoms with van der Waals surface area (Å²) in [5, 5.41) is 31.8. The number of amides is 2. The highest BCUT2D eigenvalue weighted by atomic mass is 16.3. The topological polar surface area (TPSA) is 123 Å². The van der Waals surface area contributed by atoms with E-state index in [1.54, 1.807) is 12.1 Å². The fourth-order valence-corrected chi connectivity index (χ4v) is 4.04. The lowest BCUT2D eigenvalue weighted by Crippen LogP contribution is -2.18. The summed E-state index contributed by atoms with van der Waals surface area (Å²) in [6, 6.07) is 22.1. The Bertz CT molecular complexity index is 1370. The van der Waals surface area contributed by atoms with Gasteiger partial charge in [0.1, 0.15) is 11.5 Å². The number of rotatable bonds is 10. The first-order valence-corrected chi connectivity index (χ1v) is 12.1. The number of aromatic hydroxyl groups is 2. The largest absolute Gasteiger partial charge is 0.507 e. The van der Waals surface area contributed by atoms with Crippen molar-refractivity contribution in [3.63, 3.8) is 0 Å². The maximum absolute atomic E-state index is 12.1. The Balaban J connectivity index is 1.16. The number of carbonyl (C=O) groups excluding carboxylic acids is 2. The lowest BCUT2D eigenvalue weighted by atomic mass is 10.0. The molecule has 0 aliphatic carbocycles. The van der Waals surface area contributed by atoms with Gasteiger partial charge in [-0.2, -0.15) is 10.2 Å². The minimum atomic E-state index is -0.236. The summed E-state index contributed by atoms with van der Waals surface area (Å²) in [4.78, 5) is 24.1. The van der Waals surface area contributed by atoms with Crippen molar-refractivity contribution in [1.82, 2.24) is 10.9 Å². The van der Waals surface area contributed by atoms with E-state index < -0.39 is 0 Å². The number of nitrogens with one attached hydrogen (secondary N) is 2. The van der Waals surface area contributed by atoms with Gasteiger partial charge in [-0.15, -0.1) is 0 Å². The monoisotopic (exact) mass is 496 g/mol. The van der Waals surface area contributed by atoms with Crippen molar-refractivity contribution >= 4 is 45.8 Å². The summed E-state index contributed by atoms with van der Waals surface area (Å²) in [6.07, 6.45) is 5.36. The van der Waals surface area contributed by atoms with Crippen molar-refractivity contribution < 1.29 is 19.8 Å². The second kappa shape index (κ2) is 12.3. The Kier molecular flexibility index (Phi) is 8.44. The van der Waals surface area contributed by atoms with Crippen molar-refractivity contribution in [3.05, 3.63) is 83.9 Å². The highest BCUT2D eigenvalue weighted by molar-refractivity contribution is 6.03. The predicted molar refractivity (Wildman–Crippen MR) is 146 cm³/mol. The third-order valence-corrected chi connectivity index (χ3v) is 5.97. The van der Waals surface area contributed by atoms with Crippen LogP contribution >= 0.6 is 0 Å². The van der Waals surface area contributed by atoms with E-state index in [2.05, 4.69) is 21.1 Å². The van der Waals surface area contributed by atoms with Crippen molar-refractivity contribution in [2.45, 2.75) is 32.1 Å². The first-order chi connectivity index (χ1) is 18.0. The first kappa shape index (κ1) is 25.4. The van der Waals surface area contributed by atoms with Crippen LogP contribution < -0.4 is 10.9 Å². The normalized spacial score (nSPS) is 11.5. The number of nitrogens with zero attached hydrogens (tertiary/aromatic N) is 2. The number of hydrazone groups is 2. The average Bonchev–Trinajstić information content (AvgIpc) is 2.91. The van der Waals surface area contributed by atoms with E-state index in [0.717, 1.165) is 21.5 Å². The first-order valence-electron chi connectivity index (χ1n) is 12.1. The molecule has 188 valence electrons. The molecule has 0 spiro atoms. The van der Waals surface area contributed by atoms with Gasteiger partial charge in [0.15, 0.2) is 0 Å². The summed E-state index contributed by atoms with van der Waals surface area (Å²) in [6.45, 7) is 0. The van der Waals surface area contributed by atoms with Crippen molar-refractivity contribution in [2.24, 2.45) is 10.2 Å². The van der Waals surface area contributed by atoms with Gasteiger partial charge in [-0.1, -0.05) is 67.1 Å². The smallest absolute Gasteiger partial charge is 0.240 e. The molecule has 4 rings (SSSR count). The highest BCUT2D eigenvalue weighted by Gasteiger charge is 2.07. The maximum atomic E-state index is 12.1. The van der Waals surface area contributed by atoms with Gasteiger partial charge in [-0.25, -0.2) is 10.9 Å². The summed E-state index contributed by atoms with van der Waals surface area (Å²) in [5.41, 5.74) is 6.06. The van der Waals surface area contributed by atoms with Crippen LogP contribution in [0.25, 0.3) is 21.5 Å². The molecule has 0 aliphatic rings. The van der Waals surface area contributed by atoms with Crippen LogP contribution in [0.15, 0.2) is 83.0 Å². The van der Waals surface area contributed by atoms with Crippen molar-refractivity contribution in [2.75, 3.05) is 0 Å². The van der Waals surface area contributed by atoms with Crippen LogP contribution in [0.1, 0.15) is 43.2 Å². The van der Waals surface area contributed by atoms with Crippen LogP contribution in [0.5, 0.6) is 11.5 Å². The van der Waals surface area contributed by atoms with Crippen LogP contribution in [-0.4, -0.2) is 34.5 Å². The third kappa shape index (κ3) is 6.70. The van der Waals surface area contributed by atoms with Gasteiger partial charge in [-0.3, -0.25) is 9.59 Å². The Labute approximate surface area is 214 Å². The van der Waals surface area contributed by atoms with Crippen molar-refractivity contribution in [1.29, 1.82) is 0 Å². The number of fused-ring (bicyclic) bond motifs is 2. The zero-order chi connectivity index (χ0) is 26.0. The van der Waals surface area contributed by atoms with E-state index in [0.29, 0.717) is 30.4 Å². The second-order valence-electron chi connectivity index (χ2n) is 8.59. The Morgan fingerprint density at radius 2 is 1.05 bits per heavy atom. The molecule has 0 aromatic heterocycles. The van der Waals surface area contributed by atoms with Crippen LogP contribution in [0.2, 0.25) is 0 Å². The molecule has 0 radical (unpaired) electrons.